The van der Waals surface area contributed by atoms with Crippen molar-refractivity contribution in [3.05, 3.63) is 96.1 Å². The van der Waals surface area contributed by atoms with E-state index < -0.39 is 19.5 Å². The lowest BCUT2D eigenvalue weighted by molar-refractivity contribution is 0.113. The molecule has 0 aliphatic carbocycles. The molecule has 0 aliphatic heterocycles. The smallest absolute Gasteiger partial charge is 0.194 e. The Labute approximate surface area is 249 Å². The van der Waals surface area contributed by atoms with Crippen LogP contribution in [-0.2, 0) is 17.3 Å². The summed E-state index contributed by atoms with van der Waals surface area (Å²) in [5.74, 6) is 5.33. The Morgan fingerprint density at radius 3 is 1.51 bits per heavy atom. The molecular formula is C38H46O2Si. The van der Waals surface area contributed by atoms with E-state index in [4.69, 9.17) is 17.3 Å². The van der Waals surface area contributed by atoms with Gasteiger partial charge in [0.05, 0.1) is 0 Å². The molecule has 0 heterocycles. The molecule has 0 radical (unpaired) electrons. The summed E-state index contributed by atoms with van der Waals surface area (Å²) in [5.41, 5.74) is 1.01. The molecule has 0 fully saturated rings. The van der Waals surface area contributed by atoms with Gasteiger partial charge in [-0.15, -0.1) is 12.8 Å². The lowest BCUT2D eigenvalue weighted by Gasteiger charge is -2.42. The number of rotatable bonds is 8. The van der Waals surface area contributed by atoms with E-state index in [1.807, 2.05) is 12.1 Å². The third kappa shape index (κ3) is 9.07. The predicted octanol–water partition coefficient (Wildman–Crippen LogP) is 9.34. The van der Waals surface area contributed by atoms with Gasteiger partial charge >= 0.3 is 0 Å². The molecule has 214 valence electrons. The minimum atomic E-state index is -1.89. The standard InChI is InChI=1S/C22H30OSi.C16H16O/c1-8-22(5,23-24(6,7)21(2,3)4)16-15-18-13-14-19-11-9-10-12-20(19)17-18;1-3-16(2,17)11-10-13-8-9-14-6-4-5-7-15(14)12-13/h1,9-14,17H,15-16H2,2-7H3;1,4-9,12,17H,10-11H2,2H3. The van der Waals surface area contributed by atoms with E-state index in [-0.39, 0.29) is 5.04 Å². The van der Waals surface area contributed by atoms with E-state index in [1.165, 1.54) is 32.7 Å². The highest BCUT2D eigenvalue weighted by atomic mass is 28.4. The van der Waals surface area contributed by atoms with Crippen molar-refractivity contribution in [1.29, 1.82) is 0 Å². The second-order valence-electron chi connectivity index (χ2n) is 13.0. The number of aliphatic hydroxyl groups is 1. The Balaban J connectivity index is 0.000000239. The first kappa shape index (κ1) is 32.2. The maximum absolute atomic E-state index is 9.76. The third-order valence-corrected chi connectivity index (χ3v) is 12.9. The average molecular weight is 563 g/mol. The summed E-state index contributed by atoms with van der Waals surface area (Å²) in [7, 11) is -1.89. The lowest BCUT2D eigenvalue weighted by atomic mass is 9.96. The fourth-order valence-electron chi connectivity index (χ4n) is 4.50. The number of terminal acetylenes is 2. The normalized spacial score (nSPS) is 14.7. The molecule has 1 N–H and O–H groups in total. The first-order chi connectivity index (χ1) is 19.2. The van der Waals surface area contributed by atoms with Gasteiger partial charge in [0, 0.05) is 0 Å². The summed E-state index contributed by atoms with van der Waals surface area (Å²) in [6.45, 7) is 15.0. The molecule has 2 unspecified atom stereocenters. The molecular weight excluding hydrogens is 517 g/mol. The molecule has 3 heteroatoms. The maximum Gasteiger partial charge on any atom is 0.194 e. The summed E-state index contributed by atoms with van der Waals surface area (Å²) in [4.78, 5) is 0. The number of hydrogen-bond acceptors (Lipinski definition) is 2. The first-order valence-corrected chi connectivity index (χ1v) is 17.4. The average Bonchev–Trinajstić information content (AvgIpc) is 2.94. The van der Waals surface area contributed by atoms with Crippen molar-refractivity contribution in [1.82, 2.24) is 0 Å². The highest BCUT2D eigenvalue weighted by molar-refractivity contribution is 6.74. The molecule has 2 nitrogen and oxygen atoms in total. The van der Waals surface area contributed by atoms with Crippen LogP contribution < -0.4 is 0 Å². The van der Waals surface area contributed by atoms with Gasteiger partial charge in [-0.3, -0.25) is 0 Å². The second kappa shape index (κ2) is 13.1. The van der Waals surface area contributed by atoms with Gasteiger partial charge in [0.2, 0.25) is 0 Å². The molecule has 0 saturated heterocycles. The minimum Gasteiger partial charge on any atom is -0.401 e. The Kier molecular flexibility index (Phi) is 10.3. The molecule has 0 amide bonds. The molecule has 2 atom stereocenters. The van der Waals surface area contributed by atoms with Crippen molar-refractivity contribution in [2.24, 2.45) is 0 Å². The van der Waals surface area contributed by atoms with Crippen LogP contribution in [0.4, 0.5) is 0 Å². The summed E-state index contributed by atoms with van der Waals surface area (Å²) >= 11 is 0. The van der Waals surface area contributed by atoms with E-state index >= 15 is 0 Å². The SMILES string of the molecule is C#CC(C)(CCc1ccc2ccccc2c1)O[Si](C)(C)C(C)(C)C.C#CC(C)(O)CCc1ccc2ccccc2c1. The van der Waals surface area contributed by atoms with Crippen molar-refractivity contribution in [2.45, 2.75) is 89.6 Å². The van der Waals surface area contributed by atoms with Gasteiger partial charge in [-0.25, -0.2) is 0 Å². The predicted molar refractivity (Wildman–Crippen MR) is 180 cm³/mol. The van der Waals surface area contributed by atoms with Gasteiger partial charge in [-0.1, -0.05) is 118 Å². The van der Waals surface area contributed by atoms with Crippen LogP contribution in [0.5, 0.6) is 0 Å². The van der Waals surface area contributed by atoms with E-state index in [2.05, 4.69) is 125 Å². The van der Waals surface area contributed by atoms with Gasteiger partial charge in [0.25, 0.3) is 0 Å². The number of benzene rings is 4. The summed E-state index contributed by atoms with van der Waals surface area (Å²) in [5, 5.41) is 14.9. The van der Waals surface area contributed by atoms with Crippen LogP contribution in [0, 0.1) is 24.7 Å². The number of aryl methyl sites for hydroxylation is 2. The van der Waals surface area contributed by atoms with E-state index in [0.717, 1.165) is 19.3 Å². The molecule has 0 spiro atoms. The molecule has 0 bridgehead atoms. The van der Waals surface area contributed by atoms with E-state index in [0.29, 0.717) is 6.42 Å². The summed E-state index contributed by atoms with van der Waals surface area (Å²) in [6, 6.07) is 29.7. The molecule has 0 saturated carbocycles. The number of hydrogen-bond donors (Lipinski definition) is 1. The summed E-state index contributed by atoms with van der Waals surface area (Å²) < 4.78 is 6.55. The van der Waals surface area contributed by atoms with Gasteiger partial charge < -0.3 is 9.53 Å². The zero-order chi connectivity index (χ0) is 30.3. The van der Waals surface area contributed by atoms with Crippen molar-refractivity contribution in [2.75, 3.05) is 0 Å². The van der Waals surface area contributed by atoms with Crippen LogP contribution >= 0.6 is 0 Å². The van der Waals surface area contributed by atoms with E-state index in [9.17, 15) is 5.11 Å². The Hall–Kier alpha value is -3.34. The molecule has 4 aromatic carbocycles. The van der Waals surface area contributed by atoms with Gasteiger partial charge in [-0.2, -0.15) is 0 Å². The van der Waals surface area contributed by atoms with Gasteiger partial charge in [0.1, 0.15) is 11.2 Å². The topological polar surface area (TPSA) is 29.5 Å². The van der Waals surface area contributed by atoms with Crippen molar-refractivity contribution in [3.63, 3.8) is 0 Å². The highest BCUT2D eigenvalue weighted by Crippen LogP contribution is 2.40. The van der Waals surface area contributed by atoms with Crippen molar-refractivity contribution >= 4 is 29.9 Å². The Morgan fingerprint density at radius 1 is 0.659 bits per heavy atom. The van der Waals surface area contributed by atoms with E-state index in [1.54, 1.807) is 6.92 Å². The lowest BCUT2D eigenvalue weighted by Crippen LogP contribution is -2.48. The number of fused-ring (bicyclic) bond motifs is 2. The van der Waals surface area contributed by atoms with Crippen LogP contribution in [0.15, 0.2) is 84.9 Å². The zero-order valence-electron chi connectivity index (χ0n) is 25.9. The molecule has 41 heavy (non-hydrogen) atoms. The van der Waals surface area contributed by atoms with Crippen molar-refractivity contribution < 1.29 is 9.53 Å². The molecule has 0 aromatic heterocycles. The first-order valence-electron chi connectivity index (χ1n) is 14.5. The Morgan fingerprint density at radius 2 is 1.10 bits per heavy atom. The Bertz CT molecular complexity index is 1540. The van der Waals surface area contributed by atoms with Crippen molar-refractivity contribution in [3.8, 4) is 24.7 Å². The molecule has 4 rings (SSSR count). The largest absolute Gasteiger partial charge is 0.401 e. The minimum absolute atomic E-state index is 0.161. The van der Waals surface area contributed by atoms with Crippen LogP contribution in [0.1, 0.15) is 58.6 Å². The fraction of sp³-hybridized carbons (Fsp3) is 0.368. The molecule has 4 aromatic rings. The zero-order valence-corrected chi connectivity index (χ0v) is 26.9. The van der Waals surface area contributed by atoms with Crippen LogP contribution in [0.25, 0.3) is 21.5 Å². The quantitative estimate of drug-likeness (QED) is 0.171. The van der Waals surface area contributed by atoms with Crippen LogP contribution in [0.2, 0.25) is 18.1 Å². The second-order valence-corrected chi connectivity index (χ2v) is 17.7. The summed E-state index contributed by atoms with van der Waals surface area (Å²) in [6.07, 6.45) is 14.3. The third-order valence-electron chi connectivity index (χ3n) is 8.32. The molecule has 0 aliphatic rings. The monoisotopic (exact) mass is 562 g/mol. The van der Waals surface area contributed by atoms with Gasteiger partial charge in [0.15, 0.2) is 8.32 Å². The van der Waals surface area contributed by atoms with Gasteiger partial charge in [-0.05, 0) is 90.3 Å². The maximum atomic E-state index is 9.76. The van der Waals surface area contributed by atoms with Crippen LogP contribution in [-0.4, -0.2) is 24.6 Å². The highest BCUT2D eigenvalue weighted by Gasteiger charge is 2.42. The fourth-order valence-corrected chi connectivity index (χ4v) is 6.09. The van der Waals surface area contributed by atoms with Crippen LogP contribution in [0.3, 0.4) is 0 Å².